The standard InChI is InChI=1S/C14H17FN2O/c1-2-3-4-5-10-16-11-14(18)17-13-8-6-12(15)7-9-13/h1,6-9,16H,3-5,10-11H2,(H,17,18). The highest BCUT2D eigenvalue weighted by atomic mass is 19.1. The van der Waals surface area contributed by atoms with Crippen LogP contribution in [0.5, 0.6) is 0 Å². The van der Waals surface area contributed by atoms with E-state index in [1.54, 1.807) is 0 Å². The summed E-state index contributed by atoms with van der Waals surface area (Å²) >= 11 is 0. The highest BCUT2D eigenvalue weighted by Gasteiger charge is 2.01. The molecule has 0 unspecified atom stereocenters. The molecule has 0 bridgehead atoms. The molecule has 0 aliphatic rings. The zero-order valence-corrected chi connectivity index (χ0v) is 10.2. The van der Waals surface area contributed by atoms with Gasteiger partial charge < -0.3 is 10.6 Å². The predicted molar refractivity (Wildman–Crippen MR) is 70.6 cm³/mol. The van der Waals surface area contributed by atoms with Gasteiger partial charge >= 0.3 is 0 Å². The second kappa shape index (κ2) is 8.26. The smallest absolute Gasteiger partial charge is 0.238 e. The van der Waals surface area contributed by atoms with E-state index in [2.05, 4.69) is 16.6 Å². The van der Waals surface area contributed by atoms with Crippen LogP contribution in [0.4, 0.5) is 10.1 Å². The van der Waals surface area contributed by atoms with E-state index in [1.165, 1.54) is 24.3 Å². The number of nitrogens with one attached hydrogen (secondary N) is 2. The highest BCUT2D eigenvalue weighted by molar-refractivity contribution is 5.92. The van der Waals surface area contributed by atoms with Crippen molar-refractivity contribution < 1.29 is 9.18 Å². The Morgan fingerprint density at radius 2 is 2.00 bits per heavy atom. The Morgan fingerprint density at radius 1 is 1.28 bits per heavy atom. The van der Waals surface area contributed by atoms with Gasteiger partial charge in [0.25, 0.3) is 0 Å². The van der Waals surface area contributed by atoms with E-state index in [4.69, 9.17) is 6.42 Å². The Morgan fingerprint density at radius 3 is 2.67 bits per heavy atom. The van der Waals surface area contributed by atoms with Gasteiger partial charge in [-0.05, 0) is 43.7 Å². The minimum atomic E-state index is -0.320. The summed E-state index contributed by atoms with van der Waals surface area (Å²) in [6, 6.07) is 5.67. The molecule has 3 nitrogen and oxygen atoms in total. The van der Waals surface area contributed by atoms with Crippen LogP contribution in [-0.4, -0.2) is 19.0 Å². The van der Waals surface area contributed by atoms with Gasteiger partial charge in [0.05, 0.1) is 6.54 Å². The maximum Gasteiger partial charge on any atom is 0.238 e. The van der Waals surface area contributed by atoms with Crippen molar-refractivity contribution in [1.82, 2.24) is 5.32 Å². The van der Waals surface area contributed by atoms with Gasteiger partial charge in [-0.2, -0.15) is 0 Å². The lowest BCUT2D eigenvalue weighted by Gasteiger charge is -2.06. The lowest BCUT2D eigenvalue weighted by molar-refractivity contribution is -0.115. The second-order valence-corrected chi connectivity index (χ2v) is 3.89. The van der Waals surface area contributed by atoms with E-state index in [1.807, 2.05) is 0 Å². The molecule has 0 radical (unpaired) electrons. The van der Waals surface area contributed by atoms with Gasteiger partial charge in [-0.3, -0.25) is 4.79 Å². The van der Waals surface area contributed by atoms with Gasteiger partial charge in [-0.1, -0.05) is 0 Å². The van der Waals surface area contributed by atoms with Crippen molar-refractivity contribution in [2.45, 2.75) is 19.3 Å². The molecule has 96 valence electrons. The molecule has 1 aromatic carbocycles. The lowest BCUT2D eigenvalue weighted by Crippen LogP contribution is -2.28. The molecule has 0 spiro atoms. The molecular weight excluding hydrogens is 231 g/mol. The van der Waals surface area contributed by atoms with E-state index < -0.39 is 0 Å². The van der Waals surface area contributed by atoms with Crippen LogP contribution in [0.3, 0.4) is 0 Å². The molecule has 2 N–H and O–H groups in total. The van der Waals surface area contributed by atoms with Crippen LogP contribution < -0.4 is 10.6 Å². The van der Waals surface area contributed by atoms with Gasteiger partial charge in [-0.25, -0.2) is 4.39 Å². The molecule has 0 heterocycles. The molecular formula is C14H17FN2O. The van der Waals surface area contributed by atoms with Crippen molar-refractivity contribution in [3.63, 3.8) is 0 Å². The van der Waals surface area contributed by atoms with Gasteiger partial charge in [0, 0.05) is 12.1 Å². The van der Waals surface area contributed by atoms with Gasteiger partial charge in [0.2, 0.25) is 5.91 Å². The molecule has 0 aromatic heterocycles. The predicted octanol–water partition coefficient (Wildman–Crippen LogP) is 2.16. The van der Waals surface area contributed by atoms with E-state index in [0.717, 1.165) is 25.8 Å². The molecule has 0 aliphatic heterocycles. The van der Waals surface area contributed by atoms with Crippen LogP contribution in [0.15, 0.2) is 24.3 Å². The molecule has 1 rings (SSSR count). The van der Waals surface area contributed by atoms with Crippen molar-refractivity contribution in [3.05, 3.63) is 30.1 Å². The molecule has 1 aromatic rings. The Hall–Kier alpha value is -1.86. The van der Waals surface area contributed by atoms with E-state index in [0.29, 0.717) is 5.69 Å². The average Bonchev–Trinajstić information content (AvgIpc) is 2.36. The van der Waals surface area contributed by atoms with Crippen LogP contribution in [0.1, 0.15) is 19.3 Å². The second-order valence-electron chi connectivity index (χ2n) is 3.89. The molecule has 4 heteroatoms. The topological polar surface area (TPSA) is 41.1 Å². The summed E-state index contributed by atoms with van der Waals surface area (Å²) in [5.41, 5.74) is 0.593. The molecule has 0 fully saturated rings. The number of halogens is 1. The summed E-state index contributed by atoms with van der Waals surface area (Å²) in [5.74, 6) is 2.11. The number of anilines is 1. The number of terminal acetylenes is 1. The van der Waals surface area contributed by atoms with Crippen molar-refractivity contribution >= 4 is 11.6 Å². The van der Waals surface area contributed by atoms with Crippen molar-refractivity contribution in [2.24, 2.45) is 0 Å². The SMILES string of the molecule is C#CCCCCNCC(=O)Nc1ccc(F)cc1. The van der Waals surface area contributed by atoms with E-state index >= 15 is 0 Å². The number of amides is 1. The first-order valence-electron chi connectivity index (χ1n) is 5.92. The molecule has 18 heavy (non-hydrogen) atoms. The monoisotopic (exact) mass is 248 g/mol. The number of unbranched alkanes of at least 4 members (excludes halogenated alkanes) is 2. The Bertz CT molecular complexity index is 409. The van der Waals surface area contributed by atoms with Crippen LogP contribution in [-0.2, 0) is 4.79 Å². The van der Waals surface area contributed by atoms with E-state index in [9.17, 15) is 9.18 Å². The summed E-state index contributed by atoms with van der Waals surface area (Å²) in [6.45, 7) is 1.01. The number of benzene rings is 1. The van der Waals surface area contributed by atoms with Crippen molar-refractivity contribution in [1.29, 1.82) is 0 Å². The molecule has 1 amide bonds. The normalized spacial score (nSPS) is 9.78. The number of carbonyl (C=O) groups excluding carboxylic acids is 1. The van der Waals surface area contributed by atoms with Gasteiger partial charge in [0.1, 0.15) is 5.82 Å². The zero-order valence-electron chi connectivity index (χ0n) is 10.2. The Labute approximate surface area is 107 Å². The summed E-state index contributed by atoms with van der Waals surface area (Å²) in [4.78, 5) is 11.5. The third-order valence-electron chi connectivity index (χ3n) is 2.34. The van der Waals surface area contributed by atoms with Crippen LogP contribution in [0.2, 0.25) is 0 Å². The third kappa shape index (κ3) is 6.02. The number of rotatable bonds is 7. The first-order valence-corrected chi connectivity index (χ1v) is 5.92. The zero-order chi connectivity index (χ0) is 13.2. The lowest BCUT2D eigenvalue weighted by atomic mass is 10.2. The average molecular weight is 248 g/mol. The largest absolute Gasteiger partial charge is 0.325 e. The number of hydrogen-bond donors (Lipinski definition) is 2. The fourth-order valence-electron chi connectivity index (χ4n) is 1.42. The highest BCUT2D eigenvalue weighted by Crippen LogP contribution is 2.07. The fourth-order valence-corrected chi connectivity index (χ4v) is 1.42. The summed E-state index contributed by atoms with van der Waals surface area (Å²) in [7, 11) is 0. The van der Waals surface area contributed by atoms with Crippen LogP contribution >= 0.6 is 0 Å². The fraction of sp³-hybridized carbons (Fsp3) is 0.357. The Kier molecular flexibility index (Phi) is 6.52. The first-order chi connectivity index (χ1) is 8.72. The molecule has 0 aliphatic carbocycles. The first kappa shape index (κ1) is 14.2. The molecule has 0 saturated heterocycles. The quantitative estimate of drug-likeness (QED) is 0.573. The molecule has 0 saturated carbocycles. The maximum atomic E-state index is 12.6. The maximum absolute atomic E-state index is 12.6. The number of hydrogen-bond acceptors (Lipinski definition) is 2. The van der Waals surface area contributed by atoms with E-state index in [-0.39, 0.29) is 18.3 Å². The van der Waals surface area contributed by atoms with Gasteiger partial charge in [0.15, 0.2) is 0 Å². The minimum Gasteiger partial charge on any atom is -0.325 e. The van der Waals surface area contributed by atoms with Crippen molar-refractivity contribution in [2.75, 3.05) is 18.4 Å². The van der Waals surface area contributed by atoms with Crippen molar-refractivity contribution in [3.8, 4) is 12.3 Å². The van der Waals surface area contributed by atoms with Gasteiger partial charge in [-0.15, -0.1) is 12.3 Å². The summed E-state index contributed by atoms with van der Waals surface area (Å²) in [5, 5.41) is 5.69. The molecule has 0 atom stereocenters. The summed E-state index contributed by atoms with van der Waals surface area (Å²) < 4.78 is 12.6. The van der Waals surface area contributed by atoms with Crippen LogP contribution in [0.25, 0.3) is 0 Å². The van der Waals surface area contributed by atoms with Crippen LogP contribution in [0, 0.1) is 18.2 Å². The Balaban J connectivity index is 2.14. The third-order valence-corrected chi connectivity index (χ3v) is 2.34. The summed E-state index contributed by atoms with van der Waals surface area (Å²) in [6.07, 6.45) is 7.81. The number of carbonyl (C=O) groups is 1. The minimum absolute atomic E-state index is 0.140.